The second-order valence-electron chi connectivity index (χ2n) is 6.02. The van der Waals surface area contributed by atoms with E-state index in [9.17, 15) is 9.59 Å². The maximum absolute atomic E-state index is 12.4. The van der Waals surface area contributed by atoms with Crippen molar-refractivity contribution in [1.29, 1.82) is 0 Å². The first kappa shape index (κ1) is 15.4. The summed E-state index contributed by atoms with van der Waals surface area (Å²) in [6.07, 6.45) is 0.0206. The summed E-state index contributed by atoms with van der Waals surface area (Å²) in [5, 5.41) is 0. The molecule has 0 fully saturated rings. The molecule has 1 aromatic rings. The number of fused-ring (bicyclic) bond motifs is 1. The third-order valence-corrected chi connectivity index (χ3v) is 3.10. The van der Waals surface area contributed by atoms with Crippen molar-refractivity contribution in [1.82, 2.24) is 0 Å². The monoisotopic (exact) mass is 292 g/mol. The minimum absolute atomic E-state index is 0.0206. The van der Waals surface area contributed by atoms with Gasteiger partial charge in [0.25, 0.3) is 0 Å². The first-order chi connectivity index (χ1) is 9.80. The van der Waals surface area contributed by atoms with Crippen LogP contribution in [0.5, 0.6) is 11.5 Å². The molecule has 0 bridgehead atoms. The number of hydrogen-bond donors (Lipinski definition) is 0. The Hall–Kier alpha value is -2.04. The summed E-state index contributed by atoms with van der Waals surface area (Å²) in [6, 6.07) is 5.08. The zero-order valence-electron chi connectivity index (χ0n) is 12.8. The molecule has 0 aromatic heterocycles. The Bertz CT molecular complexity index is 556. The first-order valence-corrected chi connectivity index (χ1v) is 6.87. The lowest BCUT2D eigenvalue weighted by atomic mass is 9.92. The van der Waals surface area contributed by atoms with Gasteiger partial charge in [-0.25, -0.2) is 0 Å². The van der Waals surface area contributed by atoms with Gasteiger partial charge in [0.15, 0.2) is 5.78 Å². The van der Waals surface area contributed by atoms with Gasteiger partial charge in [-0.15, -0.1) is 0 Å². The Kier molecular flexibility index (Phi) is 4.21. The number of Topliss-reactive ketones (excluding diaryl/α,β-unsaturated/α-hetero) is 1. The Morgan fingerprint density at radius 2 is 2.10 bits per heavy atom. The van der Waals surface area contributed by atoms with E-state index in [1.807, 2.05) is 0 Å². The number of benzene rings is 1. The number of methoxy groups -OCH3 is 1. The third kappa shape index (κ3) is 3.74. The molecular weight excluding hydrogens is 272 g/mol. The highest BCUT2D eigenvalue weighted by atomic mass is 16.6. The predicted octanol–water partition coefficient (Wildman–Crippen LogP) is 2.62. The highest BCUT2D eigenvalue weighted by molar-refractivity contribution is 6.03. The van der Waals surface area contributed by atoms with Crippen molar-refractivity contribution < 1.29 is 23.8 Å². The molecule has 5 heteroatoms. The zero-order chi connectivity index (χ0) is 15.6. The molecule has 1 aromatic carbocycles. The van der Waals surface area contributed by atoms with E-state index in [1.165, 1.54) is 7.11 Å². The molecule has 0 unspecified atom stereocenters. The predicted molar refractivity (Wildman–Crippen MR) is 76.8 cm³/mol. The van der Waals surface area contributed by atoms with Crippen LogP contribution in [0.4, 0.5) is 0 Å². The molecule has 114 valence electrons. The van der Waals surface area contributed by atoms with E-state index in [2.05, 4.69) is 0 Å². The molecule has 0 saturated heterocycles. The molecule has 0 saturated carbocycles. The standard InChI is InChI=1S/C16H20O5/c1-16(2,3)21-14(17)7-10-9-20-13-6-5-11(19-4)8-12(13)15(10)18/h5-6,8,10H,7,9H2,1-4H3/t10-/m0/s1. The number of rotatable bonds is 3. The van der Waals surface area contributed by atoms with Crippen molar-refractivity contribution >= 4 is 11.8 Å². The van der Waals surface area contributed by atoms with E-state index in [0.717, 1.165) is 0 Å². The van der Waals surface area contributed by atoms with Gasteiger partial charge in [-0.3, -0.25) is 9.59 Å². The van der Waals surface area contributed by atoms with Gasteiger partial charge in [0.05, 0.1) is 31.6 Å². The molecule has 5 nitrogen and oxygen atoms in total. The smallest absolute Gasteiger partial charge is 0.307 e. The summed E-state index contributed by atoms with van der Waals surface area (Å²) < 4.78 is 15.9. The molecule has 0 aliphatic carbocycles. The van der Waals surface area contributed by atoms with E-state index in [0.29, 0.717) is 17.1 Å². The lowest BCUT2D eigenvalue weighted by Crippen LogP contribution is -2.32. The number of esters is 1. The number of carbonyl (C=O) groups excluding carboxylic acids is 2. The molecule has 1 aliphatic rings. The fourth-order valence-electron chi connectivity index (χ4n) is 2.18. The summed E-state index contributed by atoms with van der Waals surface area (Å²) in [5.74, 6) is 0.0983. The molecule has 0 radical (unpaired) electrons. The van der Waals surface area contributed by atoms with E-state index in [-0.39, 0.29) is 18.8 Å². The van der Waals surface area contributed by atoms with Crippen molar-refractivity contribution in [3.63, 3.8) is 0 Å². The number of ketones is 1. The average Bonchev–Trinajstić information content (AvgIpc) is 2.39. The largest absolute Gasteiger partial charge is 0.497 e. The zero-order valence-corrected chi connectivity index (χ0v) is 12.8. The SMILES string of the molecule is COc1ccc2c(c1)C(=O)[C@@H](CC(=O)OC(C)(C)C)CO2. The van der Waals surface area contributed by atoms with Crippen molar-refractivity contribution in [2.75, 3.05) is 13.7 Å². The second kappa shape index (κ2) is 5.76. The van der Waals surface area contributed by atoms with Crippen LogP contribution in [0.3, 0.4) is 0 Å². The van der Waals surface area contributed by atoms with Crippen LogP contribution in [0.25, 0.3) is 0 Å². The van der Waals surface area contributed by atoms with Gasteiger partial charge < -0.3 is 14.2 Å². The van der Waals surface area contributed by atoms with Gasteiger partial charge >= 0.3 is 5.97 Å². The van der Waals surface area contributed by atoms with Crippen LogP contribution < -0.4 is 9.47 Å². The van der Waals surface area contributed by atoms with E-state index < -0.39 is 17.5 Å². The third-order valence-electron chi connectivity index (χ3n) is 3.10. The minimum atomic E-state index is -0.559. The maximum atomic E-state index is 12.4. The average molecular weight is 292 g/mol. The molecule has 1 heterocycles. The molecular formula is C16H20O5. The van der Waals surface area contributed by atoms with Gasteiger partial charge in [-0.2, -0.15) is 0 Å². The second-order valence-corrected chi connectivity index (χ2v) is 6.02. The van der Waals surface area contributed by atoms with Crippen LogP contribution in [0.2, 0.25) is 0 Å². The van der Waals surface area contributed by atoms with Crippen LogP contribution in [-0.4, -0.2) is 31.1 Å². The number of carbonyl (C=O) groups is 2. The Labute approximate surface area is 124 Å². The van der Waals surface area contributed by atoms with Crippen LogP contribution >= 0.6 is 0 Å². The van der Waals surface area contributed by atoms with Crippen LogP contribution in [0.1, 0.15) is 37.6 Å². The molecule has 0 spiro atoms. The van der Waals surface area contributed by atoms with E-state index in [1.54, 1.807) is 39.0 Å². The number of hydrogen-bond acceptors (Lipinski definition) is 5. The van der Waals surface area contributed by atoms with Crippen molar-refractivity contribution in [2.24, 2.45) is 5.92 Å². The van der Waals surface area contributed by atoms with E-state index >= 15 is 0 Å². The van der Waals surface area contributed by atoms with Crippen LogP contribution in [0, 0.1) is 5.92 Å². The lowest BCUT2D eigenvalue weighted by molar-refractivity contribution is -0.155. The molecule has 0 N–H and O–H groups in total. The molecule has 2 rings (SSSR count). The topological polar surface area (TPSA) is 61.8 Å². The van der Waals surface area contributed by atoms with Gasteiger partial charge in [0.2, 0.25) is 0 Å². The van der Waals surface area contributed by atoms with Gasteiger partial charge in [0.1, 0.15) is 17.1 Å². The fraction of sp³-hybridized carbons (Fsp3) is 0.500. The highest BCUT2D eigenvalue weighted by Crippen LogP contribution is 2.32. The molecule has 1 aliphatic heterocycles. The summed E-state index contributed by atoms with van der Waals surface area (Å²) >= 11 is 0. The maximum Gasteiger partial charge on any atom is 0.307 e. The summed E-state index contributed by atoms with van der Waals surface area (Å²) in [5.41, 5.74) is -0.106. The van der Waals surface area contributed by atoms with Crippen molar-refractivity contribution in [3.8, 4) is 11.5 Å². The normalized spacial score (nSPS) is 17.7. The fourth-order valence-corrected chi connectivity index (χ4v) is 2.18. The van der Waals surface area contributed by atoms with Gasteiger partial charge in [-0.1, -0.05) is 0 Å². The summed E-state index contributed by atoms with van der Waals surface area (Å²) in [6.45, 7) is 5.58. The van der Waals surface area contributed by atoms with Crippen molar-refractivity contribution in [2.45, 2.75) is 32.8 Å². The lowest BCUT2D eigenvalue weighted by Gasteiger charge is -2.25. The summed E-state index contributed by atoms with van der Waals surface area (Å²) in [4.78, 5) is 24.3. The van der Waals surface area contributed by atoms with Crippen LogP contribution in [-0.2, 0) is 9.53 Å². The molecule has 0 amide bonds. The highest BCUT2D eigenvalue weighted by Gasteiger charge is 2.32. The Balaban J connectivity index is 2.11. The quantitative estimate of drug-likeness (QED) is 0.801. The molecule has 1 atom stereocenters. The number of ether oxygens (including phenoxy) is 3. The first-order valence-electron chi connectivity index (χ1n) is 6.87. The van der Waals surface area contributed by atoms with Crippen molar-refractivity contribution in [3.05, 3.63) is 23.8 Å². The van der Waals surface area contributed by atoms with Gasteiger partial charge in [0, 0.05) is 0 Å². The Morgan fingerprint density at radius 3 is 2.71 bits per heavy atom. The van der Waals surface area contributed by atoms with E-state index in [4.69, 9.17) is 14.2 Å². The Morgan fingerprint density at radius 1 is 1.38 bits per heavy atom. The van der Waals surface area contributed by atoms with Gasteiger partial charge in [-0.05, 0) is 39.0 Å². The summed E-state index contributed by atoms with van der Waals surface area (Å²) in [7, 11) is 1.54. The molecule has 21 heavy (non-hydrogen) atoms. The minimum Gasteiger partial charge on any atom is -0.497 e. The van der Waals surface area contributed by atoms with Crippen LogP contribution in [0.15, 0.2) is 18.2 Å².